The van der Waals surface area contributed by atoms with Crippen molar-refractivity contribution in [2.45, 2.75) is 18.6 Å². The minimum atomic E-state index is -1.42. The molecule has 0 saturated carbocycles. The number of hydrogen-bond donors (Lipinski definition) is 1. The molecule has 0 radical (unpaired) electrons. The zero-order chi connectivity index (χ0) is 14.3. The summed E-state index contributed by atoms with van der Waals surface area (Å²) in [5.41, 5.74) is 0. The lowest BCUT2D eigenvalue weighted by Gasteiger charge is -2.10. The highest BCUT2D eigenvalue weighted by Gasteiger charge is 2.22. The normalized spacial score (nSPS) is 13.6. The molecular weight excluding hydrogens is 268 g/mol. The third-order valence-corrected chi connectivity index (χ3v) is 4.31. The number of rotatable bonds is 8. The van der Waals surface area contributed by atoms with E-state index in [2.05, 4.69) is 0 Å². The molecule has 2 unspecified atom stereocenters. The van der Waals surface area contributed by atoms with Crippen LogP contribution >= 0.6 is 0 Å². The average Bonchev–Trinajstić information content (AvgIpc) is 2.40. The first kappa shape index (κ1) is 15.5. The van der Waals surface area contributed by atoms with Crippen molar-refractivity contribution in [3.8, 4) is 11.5 Å². The number of aliphatic carboxylic acids is 1. The molecule has 0 aliphatic carbocycles. The molecule has 0 bridgehead atoms. The van der Waals surface area contributed by atoms with Gasteiger partial charge in [0.15, 0.2) is 0 Å². The summed E-state index contributed by atoms with van der Waals surface area (Å²) < 4.78 is 22.2. The summed E-state index contributed by atoms with van der Waals surface area (Å²) in [6.07, 6.45) is 0.352. The predicted octanol–water partition coefficient (Wildman–Crippen LogP) is 1.69. The maximum Gasteiger partial charge on any atom is 0.319 e. The van der Waals surface area contributed by atoms with E-state index in [0.717, 1.165) is 5.75 Å². The highest BCUT2D eigenvalue weighted by atomic mass is 32.2. The van der Waals surface area contributed by atoms with Gasteiger partial charge in [-0.05, 0) is 30.7 Å². The lowest BCUT2D eigenvalue weighted by atomic mass is 10.3. The molecule has 0 aromatic heterocycles. The van der Waals surface area contributed by atoms with Crippen molar-refractivity contribution in [2.24, 2.45) is 0 Å². The van der Waals surface area contributed by atoms with Crippen molar-refractivity contribution >= 4 is 16.8 Å². The number of carboxylic acid groups (broad SMARTS) is 1. The fraction of sp³-hybridized carbons (Fsp3) is 0.462. The quantitative estimate of drug-likeness (QED) is 0.787. The Morgan fingerprint density at radius 3 is 2.37 bits per heavy atom. The summed E-state index contributed by atoms with van der Waals surface area (Å²) in [5.74, 6) is 0.552. The van der Waals surface area contributed by atoms with Crippen LogP contribution in [0.25, 0.3) is 0 Å². The number of carboxylic acids is 1. The Morgan fingerprint density at radius 1 is 1.32 bits per heavy atom. The molecule has 6 heteroatoms. The number of hydrogen-bond acceptors (Lipinski definition) is 4. The van der Waals surface area contributed by atoms with E-state index in [0.29, 0.717) is 12.2 Å². The summed E-state index contributed by atoms with van der Waals surface area (Å²) in [6.45, 7) is 1.93. The van der Waals surface area contributed by atoms with Gasteiger partial charge in [0.25, 0.3) is 0 Å². The molecule has 0 amide bonds. The largest absolute Gasteiger partial charge is 0.497 e. The smallest absolute Gasteiger partial charge is 0.319 e. The second-order valence-electron chi connectivity index (χ2n) is 3.84. The van der Waals surface area contributed by atoms with Crippen LogP contribution in [0.3, 0.4) is 0 Å². The summed E-state index contributed by atoms with van der Waals surface area (Å²) in [4.78, 5) is 10.8. The van der Waals surface area contributed by atoms with Crippen molar-refractivity contribution in [1.82, 2.24) is 0 Å². The Balaban J connectivity index is 2.40. The number of carbonyl (C=O) groups is 1. The minimum Gasteiger partial charge on any atom is -0.497 e. The molecule has 0 aliphatic rings. The van der Waals surface area contributed by atoms with E-state index in [9.17, 15) is 9.00 Å². The van der Waals surface area contributed by atoms with E-state index in [-0.39, 0.29) is 12.4 Å². The maximum atomic E-state index is 11.7. The molecule has 2 atom stereocenters. The van der Waals surface area contributed by atoms with Gasteiger partial charge in [0, 0.05) is 10.8 Å². The fourth-order valence-corrected chi connectivity index (χ4v) is 2.66. The van der Waals surface area contributed by atoms with Crippen LogP contribution < -0.4 is 9.47 Å². The Bertz CT molecular complexity index is 429. The van der Waals surface area contributed by atoms with Crippen molar-refractivity contribution in [2.75, 3.05) is 19.5 Å². The molecule has 1 N–H and O–H groups in total. The highest BCUT2D eigenvalue weighted by molar-refractivity contribution is 7.86. The summed E-state index contributed by atoms with van der Waals surface area (Å²) in [7, 11) is 0.162. The SMILES string of the molecule is CCC(C(=O)O)S(=O)CCOc1ccc(OC)cc1. The Hall–Kier alpha value is -1.56. The van der Waals surface area contributed by atoms with E-state index in [1.54, 1.807) is 38.3 Å². The van der Waals surface area contributed by atoms with Gasteiger partial charge in [-0.15, -0.1) is 0 Å². The van der Waals surface area contributed by atoms with E-state index < -0.39 is 22.0 Å². The molecule has 19 heavy (non-hydrogen) atoms. The Labute approximate surface area is 115 Å². The van der Waals surface area contributed by atoms with Crippen LogP contribution in [-0.4, -0.2) is 40.0 Å². The third kappa shape index (κ3) is 4.90. The maximum absolute atomic E-state index is 11.7. The summed E-state index contributed by atoms with van der Waals surface area (Å²) in [6, 6.07) is 7.02. The van der Waals surface area contributed by atoms with Gasteiger partial charge in [0.1, 0.15) is 16.7 Å². The lowest BCUT2D eigenvalue weighted by Crippen LogP contribution is -2.28. The predicted molar refractivity (Wildman–Crippen MR) is 73.2 cm³/mol. The van der Waals surface area contributed by atoms with Crippen LogP contribution in [0.5, 0.6) is 11.5 Å². The molecule has 1 aromatic carbocycles. The Morgan fingerprint density at radius 2 is 1.89 bits per heavy atom. The van der Waals surface area contributed by atoms with Crippen LogP contribution in [0, 0.1) is 0 Å². The molecule has 0 spiro atoms. The molecule has 5 nitrogen and oxygen atoms in total. The molecule has 1 rings (SSSR count). The van der Waals surface area contributed by atoms with E-state index in [1.165, 1.54) is 0 Å². The second kappa shape index (κ2) is 7.78. The first-order chi connectivity index (χ1) is 9.08. The molecule has 0 fully saturated rings. The van der Waals surface area contributed by atoms with Gasteiger partial charge in [-0.1, -0.05) is 6.92 Å². The van der Waals surface area contributed by atoms with Crippen molar-refractivity contribution in [3.63, 3.8) is 0 Å². The fourth-order valence-electron chi connectivity index (χ4n) is 1.53. The topological polar surface area (TPSA) is 72.8 Å². The monoisotopic (exact) mass is 286 g/mol. The van der Waals surface area contributed by atoms with Gasteiger partial charge in [-0.2, -0.15) is 0 Å². The van der Waals surface area contributed by atoms with Crippen molar-refractivity contribution < 1.29 is 23.6 Å². The molecule has 0 saturated heterocycles. The first-order valence-corrected chi connectivity index (χ1v) is 7.33. The van der Waals surface area contributed by atoms with Crippen molar-refractivity contribution in [1.29, 1.82) is 0 Å². The van der Waals surface area contributed by atoms with Gasteiger partial charge in [-0.25, -0.2) is 0 Å². The van der Waals surface area contributed by atoms with Crippen LogP contribution in [0.2, 0.25) is 0 Å². The molecule has 106 valence electrons. The summed E-state index contributed by atoms with van der Waals surface area (Å²) in [5, 5.41) is 8.05. The van der Waals surface area contributed by atoms with E-state index in [4.69, 9.17) is 14.6 Å². The Kier molecular flexibility index (Phi) is 6.35. The van der Waals surface area contributed by atoms with Gasteiger partial charge >= 0.3 is 5.97 Å². The van der Waals surface area contributed by atoms with Crippen LogP contribution in [0.1, 0.15) is 13.3 Å². The number of methoxy groups -OCH3 is 1. The van der Waals surface area contributed by atoms with Crippen LogP contribution in [-0.2, 0) is 15.6 Å². The van der Waals surface area contributed by atoms with Crippen LogP contribution in [0.4, 0.5) is 0 Å². The van der Waals surface area contributed by atoms with Gasteiger partial charge in [0.2, 0.25) is 0 Å². The minimum absolute atomic E-state index is 0.205. The van der Waals surface area contributed by atoms with Gasteiger partial charge in [-0.3, -0.25) is 9.00 Å². The number of benzene rings is 1. The molecule has 0 heterocycles. The highest BCUT2D eigenvalue weighted by Crippen LogP contribution is 2.17. The second-order valence-corrected chi connectivity index (χ2v) is 5.58. The first-order valence-electron chi connectivity index (χ1n) is 5.95. The molecule has 1 aromatic rings. The molecular formula is C13H18O5S. The third-order valence-electron chi connectivity index (χ3n) is 2.58. The van der Waals surface area contributed by atoms with E-state index in [1.807, 2.05) is 0 Å². The zero-order valence-electron chi connectivity index (χ0n) is 11.0. The van der Waals surface area contributed by atoms with E-state index >= 15 is 0 Å². The zero-order valence-corrected chi connectivity index (χ0v) is 11.8. The number of ether oxygens (including phenoxy) is 2. The summed E-state index contributed by atoms with van der Waals surface area (Å²) >= 11 is 0. The average molecular weight is 286 g/mol. The van der Waals surface area contributed by atoms with Crippen molar-refractivity contribution in [3.05, 3.63) is 24.3 Å². The standard InChI is InChI=1S/C13H18O5S/c1-3-12(13(14)15)19(16)9-8-18-11-6-4-10(17-2)5-7-11/h4-7,12H,3,8-9H2,1-2H3,(H,14,15). The van der Waals surface area contributed by atoms with Gasteiger partial charge < -0.3 is 14.6 Å². The van der Waals surface area contributed by atoms with Crippen LogP contribution in [0.15, 0.2) is 24.3 Å². The molecule has 0 aliphatic heterocycles. The lowest BCUT2D eigenvalue weighted by molar-refractivity contribution is -0.136. The van der Waals surface area contributed by atoms with Gasteiger partial charge in [0.05, 0.1) is 19.5 Å².